The molecule has 1 N–H and O–H groups in total. The predicted molar refractivity (Wildman–Crippen MR) is 80.7 cm³/mol. The van der Waals surface area contributed by atoms with Crippen molar-refractivity contribution in [2.24, 2.45) is 5.92 Å². The van der Waals surface area contributed by atoms with Crippen LogP contribution >= 0.6 is 0 Å². The van der Waals surface area contributed by atoms with Crippen LogP contribution in [0.15, 0.2) is 24.3 Å². The highest BCUT2D eigenvalue weighted by Gasteiger charge is 2.14. The van der Waals surface area contributed by atoms with Crippen LogP contribution in [-0.4, -0.2) is 19.7 Å². The van der Waals surface area contributed by atoms with E-state index in [2.05, 4.69) is 24.4 Å². The third kappa shape index (κ3) is 4.54. The number of rotatable bonds is 6. The first-order chi connectivity index (χ1) is 9.29. The predicted octanol–water partition coefficient (Wildman–Crippen LogP) is 3.80. The van der Waals surface area contributed by atoms with E-state index in [9.17, 15) is 0 Å². The molecule has 2 rings (SSSR count). The number of benzene rings is 1. The summed E-state index contributed by atoms with van der Waals surface area (Å²) in [5.74, 6) is 1.91. The molecule has 1 aromatic carbocycles. The molecule has 0 spiro atoms. The third-order valence-electron chi connectivity index (χ3n) is 4.20. The highest BCUT2D eigenvalue weighted by molar-refractivity contribution is 5.33. The zero-order valence-corrected chi connectivity index (χ0v) is 12.3. The largest absolute Gasteiger partial charge is 0.496 e. The summed E-state index contributed by atoms with van der Waals surface area (Å²) in [5.41, 5.74) is 1.30. The second-order valence-corrected chi connectivity index (χ2v) is 5.83. The van der Waals surface area contributed by atoms with E-state index in [0.29, 0.717) is 6.04 Å². The maximum atomic E-state index is 5.41. The van der Waals surface area contributed by atoms with Crippen molar-refractivity contribution in [3.8, 4) is 5.75 Å². The van der Waals surface area contributed by atoms with Crippen LogP contribution in [0.1, 0.15) is 44.6 Å². The Morgan fingerprint density at radius 2 is 1.95 bits per heavy atom. The third-order valence-corrected chi connectivity index (χ3v) is 4.20. The molecule has 0 amide bonds. The van der Waals surface area contributed by atoms with Crippen molar-refractivity contribution in [1.29, 1.82) is 0 Å². The molecule has 1 aliphatic rings. The van der Waals surface area contributed by atoms with Gasteiger partial charge < -0.3 is 10.1 Å². The minimum atomic E-state index is 0.512. The van der Waals surface area contributed by atoms with Crippen molar-refractivity contribution in [3.05, 3.63) is 29.8 Å². The van der Waals surface area contributed by atoms with Gasteiger partial charge in [0.25, 0.3) is 0 Å². The van der Waals surface area contributed by atoms with Gasteiger partial charge in [0.05, 0.1) is 7.11 Å². The molecule has 1 aromatic rings. The molecule has 1 atom stereocenters. The highest BCUT2D eigenvalue weighted by Crippen LogP contribution is 2.23. The topological polar surface area (TPSA) is 21.3 Å². The Morgan fingerprint density at radius 1 is 1.21 bits per heavy atom. The molecular weight excluding hydrogens is 234 g/mol. The Bertz CT molecular complexity index is 371. The molecule has 1 fully saturated rings. The van der Waals surface area contributed by atoms with Gasteiger partial charge in [-0.1, -0.05) is 37.5 Å². The van der Waals surface area contributed by atoms with Gasteiger partial charge in [0.2, 0.25) is 0 Å². The summed E-state index contributed by atoms with van der Waals surface area (Å²) >= 11 is 0. The highest BCUT2D eigenvalue weighted by atomic mass is 16.5. The molecule has 19 heavy (non-hydrogen) atoms. The monoisotopic (exact) mass is 261 g/mol. The molecule has 0 bridgehead atoms. The number of ether oxygens (including phenoxy) is 1. The molecule has 106 valence electrons. The van der Waals surface area contributed by atoms with Crippen molar-refractivity contribution in [2.75, 3.05) is 13.7 Å². The lowest BCUT2D eigenvalue weighted by molar-refractivity contribution is 0.329. The summed E-state index contributed by atoms with van der Waals surface area (Å²) < 4.78 is 5.41. The van der Waals surface area contributed by atoms with Crippen LogP contribution in [0.5, 0.6) is 5.75 Å². The fraction of sp³-hybridized carbons (Fsp3) is 0.647. The van der Waals surface area contributed by atoms with Crippen LogP contribution in [0.2, 0.25) is 0 Å². The van der Waals surface area contributed by atoms with Gasteiger partial charge in [-0.3, -0.25) is 0 Å². The van der Waals surface area contributed by atoms with E-state index >= 15 is 0 Å². The molecule has 0 aliphatic heterocycles. The first kappa shape index (κ1) is 14.4. The summed E-state index contributed by atoms with van der Waals surface area (Å²) in [4.78, 5) is 0. The van der Waals surface area contributed by atoms with Crippen molar-refractivity contribution < 1.29 is 4.74 Å². The van der Waals surface area contributed by atoms with E-state index in [0.717, 1.165) is 18.1 Å². The maximum absolute atomic E-state index is 5.41. The average molecular weight is 261 g/mol. The van der Waals surface area contributed by atoms with Crippen LogP contribution in [0.25, 0.3) is 0 Å². The fourth-order valence-corrected chi connectivity index (χ4v) is 3.03. The van der Waals surface area contributed by atoms with E-state index in [-0.39, 0.29) is 0 Å². The lowest BCUT2D eigenvalue weighted by atomic mass is 9.89. The van der Waals surface area contributed by atoms with E-state index in [1.807, 2.05) is 12.1 Å². The van der Waals surface area contributed by atoms with E-state index < -0.39 is 0 Å². The average Bonchev–Trinajstić information content (AvgIpc) is 2.47. The van der Waals surface area contributed by atoms with E-state index in [1.54, 1.807) is 7.11 Å². The summed E-state index contributed by atoms with van der Waals surface area (Å²) in [6, 6.07) is 8.84. The molecule has 1 aliphatic carbocycles. The lowest BCUT2D eigenvalue weighted by Crippen LogP contribution is -2.33. The number of hydrogen-bond acceptors (Lipinski definition) is 2. The molecule has 2 nitrogen and oxygen atoms in total. The molecule has 0 heterocycles. The normalized spacial score (nSPS) is 18.2. The molecular formula is C17H27NO. The summed E-state index contributed by atoms with van der Waals surface area (Å²) in [5, 5.41) is 3.70. The van der Waals surface area contributed by atoms with E-state index in [1.165, 1.54) is 44.2 Å². The summed E-state index contributed by atoms with van der Waals surface area (Å²) in [6.45, 7) is 3.45. The molecule has 1 unspecified atom stereocenters. The summed E-state index contributed by atoms with van der Waals surface area (Å²) in [7, 11) is 1.75. The smallest absolute Gasteiger partial charge is 0.122 e. The first-order valence-corrected chi connectivity index (χ1v) is 7.65. The van der Waals surface area contributed by atoms with Gasteiger partial charge in [0, 0.05) is 6.04 Å². The molecule has 0 saturated heterocycles. The Morgan fingerprint density at radius 3 is 2.68 bits per heavy atom. The van der Waals surface area contributed by atoms with Crippen molar-refractivity contribution in [1.82, 2.24) is 5.32 Å². The fourth-order valence-electron chi connectivity index (χ4n) is 3.03. The van der Waals surface area contributed by atoms with Gasteiger partial charge in [-0.25, -0.2) is 0 Å². The Hall–Kier alpha value is -1.02. The van der Waals surface area contributed by atoms with Crippen LogP contribution in [0.3, 0.4) is 0 Å². The Kier molecular flexibility index (Phi) is 5.71. The van der Waals surface area contributed by atoms with Crippen molar-refractivity contribution in [3.63, 3.8) is 0 Å². The summed E-state index contributed by atoms with van der Waals surface area (Å²) in [6.07, 6.45) is 8.15. The zero-order chi connectivity index (χ0) is 13.5. The van der Waals surface area contributed by atoms with E-state index in [4.69, 9.17) is 4.74 Å². The molecule has 1 saturated carbocycles. The van der Waals surface area contributed by atoms with Gasteiger partial charge in [-0.15, -0.1) is 0 Å². The number of methoxy groups -OCH3 is 1. The molecule has 0 radical (unpaired) electrons. The van der Waals surface area contributed by atoms with Crippen molar-refractivity contribution in [2.45, 2.75) is 51.5 Å². The second kappa shape index (κ2) is 7.54. The van der Waals surface area contributed by atoms with Crippen LogP contribution in [0.4, 0.5) is 0 Å². The van der Waals surface area contributed by atoms with Gasteiger partial charge in [-0.2, -0.15) is 0 Å². The minimum absolute atomic E-state index is 0.512. The molecule has 0 aromatic heterocycles. The van der Waals surface area contributed by atoms with Crippen LogP contribution in [-0.2, 0) is 6.42 Å². The lowest BCUT2D eigenvalue weighted by Gasteiger charge is -2.24. The van der Waals surface area contributed by atoms with Crippen LogP contribution < -0.4 is 10.1 Å². The van der Waals surface area contributed by atoms with Crippen LogP contribution in [0, 0.1) is 5.92 Å². The zero-order valence-electron chi connectivity index (χ0n) is 12.3. The van der Waals surface area contributed by atoms with Crippen molar-refractivity contribution >= 4 is 0 Å². The van der Waals surface area contributed by atoms with Gasteiger partial charge in [0.15, 0.2) is 0 Å². The van der Waals surface area contributed by atoms with Gasteiger partial charge in [-0.05, 0) is 50.3 Å². The van der Waals surface area contributed by atoms with Gasteiger partial charge in [0.1, 0.15) is 5.75 Å². The second-order valence-electron chi connectivity index (χ2n) is 5.83. The standard InChI is InChI=1S/C17H27NO/c1-14(18-13-15-8-4-3-5-9-15)12-16-10-6-7-11-17(16)19-2/h6-7,10-11,14-15,18H,3-5,8-9,12-13H2,1-2H3. The first-order valence-electron chi connectivity index (χ1n) is 7.65. The van der Waals surface area contributed by atoms with Gasteiger partial charge >= 0.3 is 0 Å². The maximum Gasteiger partial charge on any atom is 0.122 e. The number of para-hydroxylation sites is 1. The Labute approximate surface area is 117 Å². The minimum Gasteiger partial charge on any atom is -0.496 e. The number of nitrogens with one attached hydrogen (secondary N) is 1. The number of hydrogen-bond donors (Lipinski definition) is 1. The SMILES string of the molecule is COc1ccccc1CC(C)NCC1CCCCC1. The Balaban J connectivity index is 1.78. The molecule has 2 heteroatoms. The quantitative estimate of drug-likeness (QED) is 0.841.